The maximum absolute atomic E-state index is 12.7. The summed E-state index contributed by atoms with van der Waals surface area (Å²) in [6.45, 7) is 0.219. The molecule has 2 aromatic carbocycles. The lowest BCUT2D eigenvalue weighted by Gasteiger charge is -2.17. The molecule has 1 aliphatic rings. The quantitative estimate of drug-likeness (QED) is 0.870. The molecule has 1 heterocycles. The van der Waals surface area contributed by atoms with E-state index in [1.165, 1.54) is 0 Å². The third-order valence-corrected chi connectivity index (χ3v) is 5.56. The van der Waals surface area contributed by atoms with Crippen molar-refractivity contribution in [3.05, 3.63) is 66.2 Å². The number of benzene rings is 2. The fourth-order valence-corrected chi connectivity index (χ4v) is 4.07. The zero-order valence-electron chi connectivity index (χ0n) is 10.8. The molecule has 0 saturated heterocycles. The minimum absolute atomic E-state index is 0.219. The van der Waals surface area contributed by atoms with Gasteiger partial charge in [0.15, 0.2) is 9.84 Å². The summed E-state index contributed by atoms with van der Waals surface area (Å²) in [5, 5.41) is 7.47. The average molecular weight is 286 g/mol. The predicted octanol–water partition coefficient (Wildman–Crippen LogP) is 3.04. The molecule has 102 valence electrons. The van der Waals surface area contributed by atoms with Gasteiger partial charge in [0, 0.05) is 0 Å². The molecule has 0 unspecified atom stereocenters. The van der Waals surface area contributed by atoms with Crippen molar-refractivity contribution in [2.45, 2.75) is 16.2 Å². The number of sulfone groups is 1. The largest absolute Gasteiger partial charge is 0.223 e. The maximum Gasteiger partial charge on any atom is 0.185 e. The molecule has 0 saturated carbocycles. The molecule has 0 fully saturated rings. The molecular weight excluding hydrogens is 272 g/mol. The van der Waals surface area contributed by atoms with Gasteiger partial charge >= 0.3 is 0 Å². The Bertz CT molecular complexity index is 712. The van der Waals surface area contributed by atoms with Crippen LogP contribution in [0, 0.1) is 0 Å². The molecule has 0 bridgehead atoms. The highest BCUT2D eigenvalue weighted by atomic mass is 32.2. The molecule has 0 N–H and O–H groups in total. The minimum Gasteiger partial charge on any atom is -0.223 e. The van der Waals surface area contributed by atoms with Gasteiger partial charge in [0.1, 0.15) is 11.3 Å². The number of nitrogens with zero attached hydrogens (tertiary/aromatic N) is 2. The van der Waals surface area contributed by atoms with Gasteiger partial charge in [-0.05, 0) is 17.7 Å². The van der Waals surface area contributed by atoms with Gasteiger partial charge < -0.3 is 0 Å². The molecular formula is C15H14N2O2S. The standard InChI is InChI=1S/C15H14N2O2S/c18-20(19,13-9-5-2-6-10-13)14-11-16-17-15(14)12-7-3-1-4-8-12/h1-10,14-15H,11H2/t14-,15-/m0/s1. The van der Waals surface area contributed by atoms with Crippen LogP contribution in [0.25, 0.3) is 0 Å². The Morgan fingerprint density at radius 3 is 2.15 bits per heavy atom. The molecule has 20 heavy (non-hydrogen) atoms. The second-order valence-corrected chi connectivity index (χ2v) is 6.86. The van der Waals surface area contributed by atoms with Crippen molar-refractivity contribution in [1.82, 2.24) is 0 Å². The van der Waals surface area contributed by atoms with E-state index in [4.69, 9.17) is 0 Å². The molecule has 0 radical (unpaired) electrons. The zero-order chi connectivity index (χ0) is 14.0. The van der Waals surface area contributed by atoms with E-state index >= 15 is 0 Å². The van der Waals surface area contributed by atoms with Gasteiger partial charge in [-0.1, -0.05) is 48.5 Å². The van der Waals surface area contributed by atoms with Gasteiger partial charge in [-0.25, -0.2) is 8.42 Å². The highest BCUT2D eigenvalue weighted by molar-refractivity contribution is 7.92. The summed E-state index contributed by atoms with van der Waals surface area (Å²) in [4.78, 5) is 0.332. The molecule has 5 heteroatoms. The van der Waals surface area contributed by atoms with Crippen LogP contribution in [0.15, 0.2) is 75.8 Å². The molecule has 3 rings (SSSR count). The Kier molecular flexibility index (Phi) is 3.36. The van der Waals surface area contributed by atoms with Gasteiger partial charge in [-0.3, -0.25) is 0 Å². The monoisotopic (exact) mass is 286 g/mol. The summed E-state index contributed by atoms with van der Waals surface area (Å²) in [7, 11) is -3.42. The van der Waals surface area contributed by atoms with Crippen LogP contribution in [-0.4, -0.2) is 20.2 Å². The van der Waals surface area contributed by atoms with Gasteiger partial charge in [-0.15, -0.1) is 0 Å². The van der Waals surface area contributed by atoms with E-state index < -0.39 is 21.1 Å². The van der Waals surface area contributed by atoms with Crippen molar-refractivity contribution < 1.29 is 8.42 Å². The molecule has 2 aromatic rings. The van der Waals surface area contributed by atoms with Crippen molar-refractivity contribution in [3.8, 4) is 0 Å². The molecule has 2 atom stereocenters. The second-order valence-electron chi connectivity index (χ2n) is 4.69. The van der Waals surface area contributed by atoms with Crippen LogP contribution in [0.4, 0.5) is 0 Å². The Balaban J connectivity index is 1.98. The average Bonchev–Trinajstić information content (AvgIpc) is 2.99. The van der Waals surface area contributed by atoms with Crippen molar-refractivity contribution in [2.75, 3.05) is 6.54 Å². The highest BCUT2D eigenvalue weighted by Crippen LogP contribution is 2.34. The van der Waals surface area contributed by atoms with Gasteiger partial charge in [0.25, 0.3) is 0 Å². The van der Waals surface area contributed by atoms with Crippen LogP contribution < -0.4 is 0 Å². The summed E-state index contributed by atoms with van der Waals surface area (Å²) < 4.78 is 25.4. The summed E-state index contributed by atoms with van der Waals surface area (Å²) in [6.07, 6.45) is 0. The van der Waals surface area contributed by atoms with Crippen LogP contribution in [0.1, 0.15) is 11.6 Å². The Morgan fingerprint density at radius 1 is 0.900 bits per heavy atom. The second kappa shape index (κ2) is 5.17. The van der Waals surface area contributed by atoms with Crippen molar-refractivity contribution in [1.29, 1.82) is 0 Å². The Labute approximate surface area is 118 Å². The molecule has 0 spiro atoms. The summed E-state index contributed by atoms with van der Waals surface area (Å²) >= 11 is 0. The maximum atomic E-state index is 12.7. The lowest BCUT2D eigenvalue weighted by Crippen LogP contribution is -2.27. The van der Waals surface area contributed by atoms with Crippen LogP contribution in [-0.2, 0) is 9.84 Å². The first-order chi connectivity index (χ1) is 9.69. The first kappa shape index (κ1) is 13.0. The van der Waals surface area contributed by atoms with Gasteiger partial charge in [-0.2, -0.15) is 10.2 Å². The fraction of sp³-hybridized carbons (Fsp3) is 0.200. The third kappa shape index (κ3) is 2.25. The van der Waals surface area contributed by atoms with Crippen LogP contribution >= 0.6 is 0 Å². The molecule has 1 aliphatic heterocycles. The molecule has 0 aromatic heterocycles. The summed E-state index contributed by atoms with van der Waals surface area (Å²) in [5.41, 5.74) is 0.887. The third-order valence-electron chi connectivity index (χ3n) is 3.43. The van der Waals surface area contributed by atoms with E-state index in [0.29, 0.717) is 4.90 Å². The van der Waals surface area contributed by atoms with Crippen molar-refractivity contribution in [3.63, 3.8) is 0 Å². The van der Waals surface area contributed by atoms with Crippen molar-refractivity contribution >= 4 is 9.84 Å². The Hall–Kier alpha value is -2.01. The topological polar surface area (TPSA) is 58.9 Å². The SMILES string of the molecule is O=S(=O)(c1ccccc1)[C@H]1CN=N[C@H]1c1ccccc1. The zero-order valence-corrected chi connectivity index (χ0v) is 11.6. The lowest BCUT2D eigenvalue weighted by molar-refractivity contribution is 0.571. The lowest BCUT2D eigenvalue weighted by atomic mass is 10.1. The van der Waals surface area contributed by atoms with E-state index in [0.717, 1.165) is 5.56 Å². The van der Waals surface area contributed by atoms with Gasteiger partial charge in [0.2, 0.25) is 0 Å². The highest BCUT2D eigenvalue weighted by Gasteiger charge is 2.38. The minimum atomic E-state index is -3.42. The van der Waals surface area contributed by atoms with E-state index in [2.05, 4.69) is 10.2 Å². The smallest absolute Gasteiger partial charge is 0.185 e. The van der Waals surface area contributed by atoms with Crippen molar-refractivity contribution in [2.24, 2.45) is 10.2 Å². The first-order valence-electron chi connectivity index (χ1n) is 6.40. The van der Waals surface area contributed by atoms with Crippen LogP contribution in [0.5, 0.6) is 0 Å². The number of azo groups is 1. The fourth-order valence-electron chi connectivity index (χ4n) is 2.37. The van der Waals surface area contributed by atoms with E-state index in [1.807, 2.05) is 30.3 Å². The predicted molar refractivity (Wildman–Crippen MR) is 76.3 cm³/mol. The van der Waals surface area contributed by atoms with Crippen LogP contribution in [0.2, 0.25) is 0 Å². The number of hydrogen-bond donors (Lipinski definition) is 0. The molecule has 0 aliphatic carbocycles. The first-order valence-corrected chi connectivity index (χ1v) is 7.95. The summed E-state index contributed by atoms with van der Waals surface area (Å²) in [5.74, 6) is 0. The summed E-state index contributed by atoms with van der Waals surface area (Å²) in [6, 6.07) is 17.5. The number of rotatable bonds is 3. The van der Waals surface area contributed by atoms with E-state index in [-0.39, 0.29) is 6.54 Å². The van der Waals surface area contributed by atoms with Gasteiger partial charge in [0.05, 0.1) is 11.4 Å². The molecule has 0 amide bonds. The Morgan fingerprint density at radius 2 is 1.50 bits per heavy atom. The van der Waals surface area contributed by atoms with E-state index in [9.17, 15) is 8.42 Å². The van der Waals surface area contributed by atoms with Crippen LogP contribution in [0.3, 0.4) is 0 Å². The number of hydrogen-bond acceptors (Lipinski definition) is 4. The normalized spacial score (nSPS) is 22.0. The molecule has 4 nitrogen and oxygen atoms in total. The van der Waals surface area contributed by atoms with E-state index in [1.54, 1.807) is 30.3 Å².